The van der Waals surface area contributed by atoms with E-state index >= 15 is 0 Å². The maximum atomic E-state index is 12.0. The first-order valence-electron chi connectivity index (χ1n) is 7.40. The van der Waals surface area contributed by atoms with Crippen molar-refractivity contribution in [2.45, 2.75) is 6.54 Å². The van der Waals surface area contributed by atoms with Crippen molar-refractivity contribution >= 4 is 11.7 Å². The van der Waals surface area contributed by atoms with E-state index in [0.717, 1.165) is 16.7 Å². The summed E-state index contributed by atoms with van der Waals surface area (Å²) in [5, 5.41) is 5.64. The van der Waals surface area contributed by atoms with Gasteiger partial charge in [-0.2, -0.15) is 0 Å². The first-order valence-corrected chi connectivity index (χ1v) is 7.40. The lowest BCUT2D eigenvalue weighted by molar-refractivity contribution is 0.251. The number of nitrogens with one attached hydrogen (secondary N) is 2. The third kappa shape index (κ3) is 4.17. The molecule has 0 saturated heterocycles. The number of aromatic nitrogens is 1. The molecule has 0 spiro atoms. The molecule has 0 fully saturated rings. The molecular weight excluding hydrogens is 286 g/mol. The van der Waals surface area contributed by atoms with Crippen LogP contribution in [0.3, 0.4) is 0 Å². The Morgan fingerprint density at radius 2 is 1.57 bits per heavy atom. The number of benzene rings is 2. The van der Waals surface area contributed by atoms with Crippen molar-refractivity contribution < 1.29 is 4.79 Å². The number of amides is 2. The highest BCUT2D eigenvalue weighted by Gasteiger charge is 2.04. The fourth-order valence-corrected chi connectivity index (χ4v) is 2.25. The zero-order valence-corrected chi connectivity index (χ0v) is 12.6. The third-order valence-electron chi connectivity index (χ3n) is 3.40. The summed E-state index contributed by atoms with van der Waals surface area (Å²) in [6, 6.07) is 21.4. The lowest BCUT2D eigenvalue weighted by Crippen LogP contribution is -2.28. The average molecular weight is 303 g/mol. The molecule has 4 heteroatoms. The molecule has 0 atom stereocenters. The van der Waals surface area contributed by atoms with Gasteiger partial charge in [0.1, 0.15) is 0 Å². The molecule has 0 radical (unpaired) electrons. The summed E-state index contributed by atoms with van der Waals surface area (Å²) in [7, 11) is 0. The van der Waals surface area contributed by atoms with Crippen LogP contribution in [-0.2, 0) is 6.54 Å². The van der Waals surface area contributed by atoms with Gasteiger partial charge in [0.25, 0.3) is 0 Å². The minimum atomic E-state index is -0.249. The van der Waals surface area contributed by atoms with Crippen LogP contribution < -0.4 is 10.6 Å². The summed E-state index contributed by atoms with van der Waals surface area (Å²) in [6.45, 7) is 0.485. The highest BCUT2D eigenvalue weighted by Crippen LogP contribution is 2.20. The van der Waals surface area contributed by atoms with Gasteiger partial charge in [0, 0.05) is 18.3 Å². The Morgan fingerprint density at radius 3 is 2.30 bits per heavy atom. The van der Waals surface area contributed by atoms with Gasteiger partial charge in [-0.05, 0) is 17.2 Å². The van der Waals surface area contributed by atoms with E-state index in [1.165, 1.54) is 0 Å². The normalized spacial score (nSPS) is 10.1. The summed E-state index contributed by atoms with van der Waals surface area (Å²) in [4.78, 5) is 16.2. The summed E-state index contributed by atoms with van der Waals surface area (Å²) in [5.74, 6) is 0. The van der Waals surface area contributed by atoms with Crippen molar-refractivity contribution in [1.82, 2.24) is 10.3 Å². The third-order valence-corrected chi connectivity index (χ3v) is 3.40. The van der Waals surface area contributed by atoms with Gasteiger partial charge in [-0.3, -0.25) is 4.98 Å². The van der Waals surface area contributed by atoms with Crippen molar-refractivity contribution in [3.05, 3.63) is 84.7 Å². The number of nitrogens with zero attached hydrogens (tertiary/aromatic N) is 1. The quantitative estimate of drug-likeness (QED) is 0.763. The van der Waals surface area contributed by atoms with Gasteiger partial charge in [-0.25, -0.2) is 4.79 Å². The highest BCUT2D eigenvalue weighted by molar-refractivity contribution is 5.89. The molecule has 0 aliphatic heterocycles. The lowest BCUT2D eigenvalue weighted by Gasteiger charge is -2.09. The number of pyridine rings is 1. The van der Waals surface area contributed by atoms with E-state index in [-0.39, 0.29) is 6.03 Å². The van der Waals surface area contributed by atoms with E-state index in [0.29, 0.717) is 12.2 Å². The molecule has 2 N–H and O–H groups in total. The molecule has 3 aromatic rings. The molecule has 0 saturated carbocycles. The Labute approximate surface area is 135 Å². The second kappa shape index (κ2) is 7.22. The molecule has 3 rings (SSSR count). The molecule has 1 heterocycles. The van der Waals surface area contributed by atoms with E-state index in [2.05, 4.69) is 15.6 Å². The SMILES string of the molecule is O=C(NCc1ccccc1)Nc1cncc(-c2ccccc2)c1. The Bertz CT molecular complexity index is 773. The van der Waals surface area contributed by atoms with Gasteiger partial charge in [0.15, 0.2) is 0 Å². The highest BCUT2D eigenvalue weighted by atomic mass is 16.2. The van der Waals surface area contributed by atoms with Crippen molar-refractivity contribution in [2.24, 2.45) is 0 Å². The van der Waals surface area contributed by atoms with Crippen LogP contribution in [0.15, 0.2) is 79.1 Å². The number of anilines is 1. The number of carbonyl (C=O) groups excluding carboxylic acids is 1. The molecule has 0 unspecified atom stereocenters. The number of urea groups is 1. The Kier molecular flexibility index (Phi) is 4.64. The first-order chi connectivity index (χ1) is 11.3. The summed E-state index contributed by atoms with van der Waals surface area (Å²) in [6.07, 6.45) is 3.41. The Hall–Kier alpha value is -3.14. The van der Waals surface area contributed by atoms with Crippen LogP contribution in [0.25, 0.3) is 11.1 Å². The van der Waals surface area contributed by atoms with Crippen LogP contribution in [0.4, 0.5) is 10.5 Å². The monoisotopic (exact) mass is 303 g/mol. The minimum absolute atomic E-state index is 0.249. The fourth-order valence-electron chi connectivity index (χ4n) is 2.25. The van der Waals surface area contributed by atoms with E-state index in [1.807, 2.05) is 66.7 Å². The molecule has 4 nitrogen and oxygen atoms in total. The summed E-state index contributed by atoms with van der Waals surface area (Å²) < 4.78 is 0. The maximum absolute atomic E-state index is 12.0. The Morgan fingerprint density at radius 1 is 0.870 bits per heavy atom. The smallest absolute Gasteiger partial charge is 0.319 e. The van der Waals surface area contributed by atoms with E-state index in [9.17, 15) is 4.79 Å². The molecule has 2 amide bonds. The van der Waals surface area contributed by atoms with Crippen LogP contribution in [-0.4, -0.2) is 11.0 Å². The van der Waals surface area contributed by atoms with Crippen molar-refractivity contribution in [2.75, 3.05) is 5.32 Å². The van der Waals surface area contributed by atoms with E-state index < -0.39 is 0 Å². The van der Waals surface area contributed by atoms with Gasteiger partial charge in [0.05, 0.1) is 11.9 Å². The number of carbonyl (C=O) groups is 1. The average Bonchev–Trinajstić information content (AvgIpc) is 2.62. The molecule has 2 aromatic carbocycles. The predicted octanol–water partition coefficient (Wildman–Crippen LogP) is 4.07. The van der Waals surface area contributed by atoms with Gasteiger partial charge < -0.3 is 10.6 Å². The lowest BCUT2D eigenvalue weighted by atomic mass is 10.1. The Balaban J connectivity index is 1.63. The maximum Gasteiger partial charge on any atom is 0.319 e. The molecule has 0 aliphatic rings. The molecule has 0 aliphatic carbocycles. The van der Waals surface area contributed by atoms with Crippen LogP contribution in [0.1, 0.15) is 5.56 Å². The molecule has 114 valence electrons. The van der Waals surface area contributed by atoms with Gasteiger partial charge in [-0.15, -0.1) is 0 Å². The largest absolute Gasteiger partial charge is 0.334 e. The van der Waals surface area contributed by atoms with Crippen LogP contribution in [0.5, 0.6) is 0 Å². The first kappa shape index (κ1) is 14.8. The number of hydrogen-bond acceptors (Lipinski definition) is 2. The fraction of sp³-hybridized carbons (Fsp3) is 0.0526. The van der Waals surface area contributed by atoms with Crippen molar-refractivity contribution in [1.29, 1.82) is 0 Å². The second-order valence-corrected chi connectivity index (χ2v) is 5.12. The number of hydrogen-bond donors (Lipinski definition) is 2. The summed E-state index contributed by atoms with van der Waals surface area (Å²) >= 11 is 0. The van der Waals surface area contributed by atoms with Crippen LogP contribution in [0.2, 0.25) is 0 Å². The zero-order chi connectivity index (χ0) is 15.9. The van der Waals surface area contributed by atoms with Crippen LogP contribution >= 0.6 is 0 Å². The molecule has 0 bridgehead atoms. The standard InChI is InChI=1S/C19H17N3O/c23-19(21-12-15-7-3-1-4-8-15)22-18-11-17(13-20-14-18)16-9-5-2-6-10-16/h1-11,13-14H,12H2,(H2,21,22,23). The van der Waals surface area contributed by atoms with Gasteiger partial charge in [-0.1, -0.05) is 60.7 Å². The number of rotatable bonds is 4. The van der Waals surface area contributed by atoms with Gasteiger partial charge in [0.2, 0.25) is 0 Å². The van der Waals surface area contributed by atoms with Crippen molar-refractivity contribution in [3.8, 4) is 11.1 Å². The topological polar surface area (TPSA) is 54.0 Å². The predicted molar refractivity (Wildman–Crippen MR) is 92.0 cm³/mol. The van der Waals surface area contributed by atoms with Crippen LogP contribution in [0, 0.1) is 0 Å². The van der Waals surface area contributed by atoms with E-state index in [1.54, 1.807) is 12.4 Å². The van der Waals surface area contributed by atoms with Crippen molar-refractivity contribution in [3.63, 3.8) is 0 Å². The van der Waals surface area contributed by atoms with E-state index in [4.69, 9.17) is 0 Å². The molecule has 23 heavy (non-hydrogen) atoms. The second-order valence-electron chi connectivity index (χ2n) is 5.12. The zero-order valence-electron chi connectivity index (χ0n) is 12.6. The minimum Gasteiger partial charge on any atom is -0.334 e. The summed E-state index contributed by atoms with van der Waals surface area (Å²) in [5.41, 5.74) is 3.75. The van der Waals surface area contributed by atoms with Gasteiger partial charge >= 0.3 is 6.03 Å². The molecular formula is C19H17N3O. The molecule has 1 aromatic heterocycles.